The first kappa shape index (κ1) is 13.2. The van der Waals surface area contributed by atoms with Crippen molar-refractivity contribution in [2.45, 2.75) is 0 Å². The van der Waals surface area contributed by atoms with Gasteiger partial charge in [0, 0.05) is 19.5 Å². The van der Waals surface area contributed by atoms with Crippen molar-refractivity contribution in [1.82, 2.24) is 4.98 Å². The van der Waals surface area contributed by atoms with Crippen LogP contribution in [0.4, 0.5) is 17.2 Å². The Hall–Kier alpha value is -2.75. The van der Waals surface area contributed by atoms with Crippen molar-refractivity contribution in [2.75, 3.05) is 19.0 Å². The topological polar surface area (TPSA) is 40.9 Å². The van der Waals surface area contributed by atoms with Crippen LogP contribution < -0.4 is 4.90 Å². The minimum absolute atomic E-state index is 0.613. The Bertz CT molecular complexity index is 793. The van der Waals surface area contributed by atoms with Crippen LogP contribution in [0.25, 0.3) is 10.9 Å². The van der Waals surface area contributed by atoms with Crippen LogP contribution in [-0.2, 0) is 0 Å². The van der Waals surface area contributed by atoms with E-state index in [-0.39, 0.29) is 0 Å². The van der Waals surface area contributed by atoms with E-state index in [9.17, 15) is 0 Å². The summed E-state index contributed by atoms with van der Waals surface area (Å²) >= 11 is 0. The molecule has 0 fully saturated rings. The van der Waals surface area contributed by atoms with Crippen molar-refractivity contribution in [3.8, 4) is 0 Å². The first-order valence-electron chi connectivity index (χ1n) is 6.78. The fourth-order valence-corrected chi connectivity index (χ4v) is 2.14. The number of benzene rings is 2. The highest BCUT2D eigenvalue weighted by Gasteiger charge is 2.02. The molecule has 0 aliphatic heterocycles. The second kappa shape index (κ2) is 5.71. The maximum absolute atomic E-state index is 4.49. The summed E-state index contributed by atoms with van der Waals surface area (Å²) < 4.78 is 0. The quantitative estimate of drug-likeness (QED) is 0.650. The summed E-state index contributed by atoms with van der Waals surface area (Å²) in [6.45, 7) is 0. The van der Waals surface area contributed by atoms with Gasteiger partial charge in [0.25, 0.3) is 0 Å². The molecule has 0 radical (unpaired) electrons. The van der Waals surface area contributed by atoms with Crippen molar-refractivity contribution < 1.29 is 0 Å². The molecule has 4 heteroatoms. The van der Waals surface area contributed by atoms with E-state index >= 15 is 0 Å². The van der Waals surface area contributed by atoms with Crippen molar-refractivity contribution in [2.24, 2.45) is 10.2 Å². The van der Waals surface area contributed by atoms with Gasteiger partial charge in [-0.2, -0.15) is 0 Å². The normalized spacial score (nSPS) is 11.1. The van der Waals surface area contributed by atoms with E-state index in [0.29, 0.717) is 5.82 Å². The molecule has 0 spiro atoms. The standard InChI is InChI=1S/C17H16N4/c1-21(2)16-10-6-5-9-15(16)19-20-17-12-11-13-7-3-4-8-14(13)18-17/h3-12H,1-2H3. The summed E-state index contributed by atoms with van der Waals surface area (Å²) in [7, 11) is 3.98. The van der Waals surface area contributed by atoms with Gasteiger partial charge >= 0.3 is 0 Å². The monoisotopic (exact) mass is 276 g/mol. The van der Waals surface area contributed by atoms with Crippen LogP contribution in [0, 0.1) is 0 Å². The maximum atomic E-state index is 4.49. The van der Waals surface area contributed by atoms with Crippen molar-refractivity contribution in [3.05, 3.63) is 60.7 Å². The Morgan fingerprint density at radius 1 is 0.810 bits per heavy atom. The zero-order chi connectivity index (χ0) is 14.7. The molecule has 0 atom stereocenters. The molecule has 0 unspecified atom stereocenters. The number of para-hydroxylation sites is 2. The number of aromatic nitrogens is 1. The van der Waals surface area contributed by atoms with Crippen LogP contribution in [0.3, 0.4) is 0 Å². The molecule has 0 bridgehead atoms. The summed E-state index contributed by atoms with van der Waals surface area (Å²) in [5, 5.41) is 9.68. The Kier molecular flexibility index (Phi) is 3.60. The lowest BCUT2D eigenvalue weighted by atomic mass is 10.2. The maximum Gasteiger partial charge on any atom is 0.174 e. The van der Waals surface area contributed by atoms with E-state index in [4.69, 9.17) is 0 Å². The zero-order valence-corrected chi connectivity index (χ0v) is 12.1. The van der Waals surface area contributed by atoms with Crippen molar-refractivity contribution >= 4 is 28.1 Å². The van der Waals surface area contributed by atoms with Crippen LogP contribution >= 0.6 is 0 Å². The van der Waals surface area contributed by atoms with Crippen molar-refractivity contribution in [3.63, 3.8) is 0 Å². The third-order valence-electron chi connectivity index (χ3n) is 3.21. The lowest BCUT2D eigenvalue weighted by Crippen LogP contribution is -2.08. The van der Waals surface area contributed by atoms with E-state index < -0.39 is 0 Å². The fraction of sp³-hybridized carbons (Fsp3) is 0.118. The molecular formula is C17H16N4. The highest BCUT2D eigenvalue weighted by Crippen LogP contribution is 2.28. The highest BCUT2D eigenvalue weighted by atomic mass is 15.2. The summed E-state index contributed by atoms with van der Waals surface area (Å²) in [6, 6.07) is 19.8. The van der Waals surface area contributed by atoms with Gasteiger partial charge in [-0.1, -0.05) is 30.3 Å². The Morgan fingerprint density at radius 2 is 1.57 bits per heavy atom. The largest absolute Gasteiger partial charge is 0.376 e. The third-order valence-corrected chi connectivity index (χ3v) is 3.21. The van der Waals surface area contributed by atoms with E-state index in [0.717, 1.165) is 22.3 Å². The molecule has 0 aliphatic rings. The molecule has 1 aromatic heterocycles. The third kappa shape index (κ3) is 2.89. The molecule has 3 rings (SSSR count). The SMILES string of the molecule is CN(C)c1ccccc1N=Nc1ccc2ccccc2n1. The van der Waals surface area contributed by atoms with Gasteiger partial charge < -0.3 is 4.90 Å². The molecule has 21 heavy (non-hydrogen) atoms. The predicted octanol–water partition coefficient (Wildman–Crippen LogP) is 4.72. The molecule has 2 aromatic carbocycles. The van der Waals surface area contributed by atoms with Gasteiger partial charge in [-0.25, -0.2) is 4.98 Å². The molecule has 0 N–H and O–H groups in total. The molecule has 4 nitrogen and oxygen atoms in total. The minimum atomic E-state index is 0.613. The average molecular weight is 276 g/mol. The predicted molar refractivity (Wildman–Crippen MR) is 86.7 cm³/mol. The molecule has 0 saturated heterocycles. The molecule has 0 amide bonds. The smallest absolute Gasteiger partial charge is 0.174 e. The Balaban J connectivity index is 1.94. The van der Waals surface area contributed by atoms with Crippen LogP contribution in [0.5, 0.6) is 0 Å². The molecular weight excluding hydrogens is 260 g/mol. The average Bonchev–Trinajstić information content (AvgIpc) is 2.53. The van der Waals surface area contributed by atoms with Gasteiger partial charge in [-0.15, -0.1) is 10.2 Å². The summed E-state index contributed by atoms with van der Waals surface area (Å²) in [6.07, 6.45) is 0. The van der Waals surface area contributed by atoms with Crippen molar-refractivity contribution in [1.29, 1.82) is 0 Å². The highest BCUT2D eigenvalue weighted by molar-refractivity contribution is 5.79. The Morgan fingerprint density at radius 3 is 2.43 bits per heavy atom. The van der Waals surface area contributed by atoms with E-state index in [1.165, 1.54) is 0 Å². The fourth-order valence-electron chi connectivity index (χ4n) is 2.14. The molecule has 3 aromatic rings. The van der Waals surface area contributed by atoms with E-state index in [1.807, 2.05) is 79.7 Å². The van der Waals surface area contributed by atoms with Crippen LogP contribution in [0.2, 0.25) is 0 Å². The summed E-state index contributed by atoms with van der Waals surface area (Å²) in [5.74, 6) is 0.613. The number of rotatable bonds is 3. The molecule has 0 saturated carbocycles. The van der Waals surface area contributed by atoms with E-state index in [2.05, 4.69) is 15.2 Å². The van der Waals surface area contributed by atoms with Crippen LogP contribution in [0.15, 0.2) is 70.9 Å². The van der Waals surface area contributed by atoms with Gasteiger partial charge in [-0.05, 0) is 30.3 Å². The summed E-state index contributed by atoms with van der Waals surface area (Å²) in [5.41, 5.74) is 2.79. The van der Waals surface area contributed by atoms with Crippen LogP contribution in [-0.4, -0.2) is 19.1 Å². The van der Waals surface area contributed by atoms with Gasteiger partial charge in [-0.3, -0.25) is 0 Å². The molecule has 0 aliphatic carbocycles. The lowest BCUT2D eigenvalue weighted by Gasteiger charge is -2.13. The second-order valence-corrected chi connectivity index (χ2v) is 4.95. The number of fused-ring (bicyclic) bond motifs is 1. The number of pyridine rings is 1. The second-order valence-electron chi connectivity index (χ2n) is 4.95. The molecule has 1 heterocycles. The molecule has 104 valence electrons. The van der Waals surface area contributed by atoms with Gasteiger partial charge in [0.15, 0.2) is 5.82 Å². The van der Waals surface area contributed by atoms with Gasteiger partial charge in [0.05, 0.1) is 11.2 Å². The number of nitrogens with zero attached hydrogens (tertiary/aromatic N) is 4. The number of hydrogen-bond acceptors (Lipinski definition) is 4. The van der Waals surface area contributed by atoms with Gasteiger partial charge in [0.2, 0.25) is 0 Å². The van der Waals surface area contributed by atoms with Gasteiger partial charge in [0.1, 0.15) is 5.69 Å². The van der Waals surface area contributed by atoms with Crippen LogP contribution in [0.1, 0.15) is 0 Å². The van der Waals surface area contributed by atoms with E-state index in [1.54, 1.807) is 0 Å². The Labute approximate surface area is 123 Å². The number of azo groups is 1. The first-order valence-corrected chi connectivity index (χ1v) is 6.78. The first-order chi connectivity index (χ1) is 10.2. The minimum Gasteiger partial charge on any atom is -0.376 e. The number of hydrogen-bond donors (Lipinski definition) is 0. The summed E-state index contributed by atoms with van der Waals surface area (Å²) in [4.78, 5) is 6.51. The lowest BCUT2D eigenvalue weighted by molar-refractivity contribution is 1.10. The zero-order valence-electron chi connectivity index (χ0n) is 12.1. The number of anilines is 1.